The van der Waals surface area contributed by atoms with Crippen molar-refractivity contribution in [1.82, 2.24) is 0 Å². The molecule has 1 fully saturated rings. The molecule has 0 radical (unpaired) electrons. The molecule has 0 amide bonds. The topological polar surface area (TPSA) is 54.4 Å². The standard InChI is InChI=1S/C9H18O3S/c1-3-9(10,4-2)8-6-5-7-13(8,11)12/h8,10H,3-7H2,1-2H3. The number of sulfone groups is 1. The van der Waals surface area contributed by atoms with Crippen molar-refractivity contribution in [2.75, 3.05) is 5.75 Å². The third-order valence-electron chi connectivity index (χ3n) is 3.15. The maximum absolute atomic E-state index is 11.6. The van der Waals surface area contributed by atoms with Gasteiger partial charge in [0.15, 0.2) is 9.84 Å². The van der Waals surface area contributed by atoms with Crippen LogP contribution in [-0.2, 0) is 9.84 Å². The van der Waals surface area contributed by atoms with Gasteiger partial charge in [-0.2, -0.15) is 0 Å². The van der Waals surface area contributed by atoms with Gasteiger partial charge >= 0.3 is 0 Å². The summed E-state index contributed by atoms with van der Waals surface area (Å²) in [4.78, 5) is 0. The van der Waals surface area contributed by atoms with Gasteiger partial charge < -0.3 is 5.11 Å². The van der Waals surface area contributed by atoms with Crippen molar-refractivity contribution in [3.63, 3.8) is 0 Å². The molecular weight excluding hydrogens is 188 g/mol. The lowest BCUT2D eigenvalue weighted by atomic mass is 9.91. The fourth-order valence-electron chi connectivity index (χ4n) is 2.10. The van der Waals surface area contributed by atoms with Crippen LogP contribution < -0.4 is 0 Å². The average molecular weight is 206 g/mol. The second-order valence-electron chi connectivity index (χ2n) is 3.81. The van der Waals surface area contributed by atoms with E-state index in [0.717, 1.165) is 0 Å². The maximum atomic E-state index is 11.6. The third kappa shape index (κ3) is 1.89. The highest BCUT2D eigenvalue weighted by Gasteiger charge is 2.45. The van der Waals surface area contributed by atoms with E-state index in [0.29, 0.717) is 25.7 Å². The van der Waals surface area contributed by atoms with Crippen molar-refractivity contribution in [3.8, 4) is 0 Å². The molecule has 0 aliphatic carbocycles. The predicted octanol–water partition coefficient (Wildman–Crippen LogP) is 1.11. The normalized spacial score (nSPS) is 27.8. The highest BCUT2D eigenvalue weighted by Crippen LogP contribution is 2.33. The molecule has 1 aliphatic heterocycles. The minimum atomic E-state index is -3.02. The molecular formula is C9H18O3S. The molecule has 0 aromatic rings. The first-order chi connectivity index (χ1) is 5.96. The maximum Gasteiger partial charge on any atom is 0.155 e. The molecule has 1 saturated heterocycles. The van der Waals surface area contributed by atoms with Gasteiger partial charge in [0.25, 0.3) is 0 Å². The van der Waals surface area contributed by atoms with E-state index < -0.39 is 20.7 Å². The van der Waals surface area contributed by atoms with E-state index in [1.165, 1.54) is 0 Å². The van der Waals surface area contributed by atoms with E-state index in [9.17, 15) is 13.5 Å². The van der Waals surface area contributed by atoms with E-state index in [4.69, 9.17) is 0 Å². The lowest BCUT2D eigenvalue weighted by Crippen LogP contribution is -2.43. The SMILES string of the molecule is CCC(O)(CC)C1CCCS1(=O)=O. The Morgan fingerprint density at radius 3 is 2.23 bits per heavy atom. The molecule has 0 bridgehead atoms. The summed E-state index contributed by atoms with van der Waals surface area (Å²) in [7, 11) is -3.02. The van der Waals surface area contributed by atoms with Crippen LogP contribution in [0.5, 0.6) is 0 Å². The van der Waals surface area contributed by atoms with E-state index in [-0.39, 0.29) is 5.75 Å². The fourth-order valence-corrected chi connectivity index (χ4v) is 4.48. The molecule has 0 aromatic heterocycles. The summed E-state index contributed by atoms with van der Waals surface area (Å²) in [6, 6.07) is 0. The van der Waals surface area contributed by atoms with Crippen molar-refractivity contribution >= 4 is 9.84 Å². The molecule has 78 valence electrons. The highest BCUT2D eigenvalue weighted by molar-refractivity contribution is 7.92. The molecule has 1 unspecified atom stereocenters. The van der Waals surface area contributed by atoms with Gasteiger partial charge in [-0.25, -0.2) is 8.42 Å². The highest BCUT2D eigenvalue weighted by atomic mass is 32.2. The predicted molar refractivity (Wildman–Crippen MR) is 52.3 cm³/mol. The minimum Gasteiger partial charge on any atom is -0.389 e. The Bertz CT molecular complexity index is 265. The van der Waals surface area contributed by atoms with Crippen LogP contribution in [0, 0.1) is 0 Å². The molecule has 0 saturated carbocycles. The first-order valence-corrected chi connectivity index (χ1v) is 6.61. The molecule has 1 heterocycles. The van der Waals surface area contributed by atoms with Crippen molar-refractivity contribution in [2.45, 2.75) is 50.4 Å². The van der Waals surface area contributed by atoms with Gasteiger partial charge in [0.2, 0.25) is 0 Å². The Balaban J connectivity index is 2.93. The monoisotopic (exact) mass is 206 g/mol. The Kier molecular flexibility index (Phi) is 3.02. The zero-order chi connectivity index (χ0) is 10.1. The number of rotatable bonds is 3. The molecule has 0 spiro atoms. The Morgan fingerprint density at radius 1 is 1.38 bits per heavy atom. The van der Waals surface area contributed by atoms with E-state index in [1.54, 1.807) is 0 Å². The van der Waals surface area contributed by atoms with Crippen LogP contribution >= 0.6 is 0 Å². The van der Waals surface area contributed by atoms with Crippen LogP contribution in [0.15, 0.2) is 0 Å². The van der Waals surface area contributed by atoms with Gasteiger partial charge in [0, 0.05) is 0 Å². The van der Waals surface area contributed by atoms with Gasteiger partial charge in [-0.15, -0.1) is 0 Å². The van der Waals surface area contributed by atoms with Gasteiger partial charge in [0.1, 0.15) is 0 Å². The zero-order valence-electron chi connectivity index (χ0n) is 8.28. The Labute approximate surface area is 80.1 Å². The largest absolute Gasteiger partial charge is 0.389 e. The smallest absolute Gasteiger partial charge is 0.155 e. The molecule has 4 heteroatoms. The van der Waals surface area contributed by atoms with E-state index in [2.05, 4.69) is 0 Å². The first kappa shape index (κ1) is 11.0. The van der Waals surface area contributed by atoms with Gasteiger partial charge in [-0.1, -0.05) is 13.8 Å². The second-order valence-corrected chi connectivity index (χ2v) is 6.11. The van der Waals surface area contributed by atoms with Crippen molar-refractivity contribution in [2.24, 2.45) is 0 Å². The van der Waals surface area contributed by atoms with Gasteiger partial charge in [0.05, 0.1) is 16.6 Å². The molecule has 13 heavy (non-hydrogen) atoms. The second kappa shape index (κ2) is 3.58. The van der Waals surface area contributed by atoms with Crippen molar-refractivity contribution in [3.05, 3.63) is 0 Å². The van der Waals surface area contributed by atoms with Crippen LogP contribution in [0.4, 0.5) is 0 Å². The number of aliphatic hydroxyl groups is 1. The van der Waals surface area contributed by atoms with Crippen LogP contribution in [0.1, 0.15) is 39.5 Å². The van der Waals surface area contributed by atoms with Crippen LogP contribution in [0.2, 0.25) is 0 Å². The van der Waals surface area contributed by atoms with Crippen LogP contribution in [0.25, 0.3) is 0 Å². The molecule has 1 N–H and O–H groups in total. The summed E-state index contributed by atoms with van der Waals surface area (Å²) in [5.41, 5.74) is -0.991. The quantitative estimate of drug-likeness (QED) is 0.752. The lowest BCUT2D eigenvalue weighted by molar-refractivity contribution is 0.0274. The summed E-state index contributed by atoms with van der Waals surface area (Å²) >= 11 is 0. The van der Waals surface area contributed by atoms with Crippen molar-refractivity contribution < 1.29 is 13.5 Å². The van der Waals surface area contributed by atoms with Crippen LogP contribution in [-0.4, -0.2) is 30.1 Å². The molecule has 1 rings (SSSR count). The van der Waals surface area contributed by atoms with E-state index in [1.807, 2.05) is 13.8 Å². The molecule has 1 aliphatic rings. The third-order valence-corrected chi connectivity index (χ3v) is 5.55. The molecule has 3 nitrogen and oxygen atoms in total. The molecule has 1 atom stereocenters. The first-order valence-electron chi connectivity index (χ1n) is 4.90. The van der Waals surface area contributed by atoms with Gasteiger partial charge in [-0.05, 0) is 25.7 Å². The number of hydrogen-bond donors (Lipinski definition) is 1. The lowest BCUT2D eigenvalue weighted by Gasteiger charge is -2.30. The number of hydrogen-bond acceptors (Lipinski definition) is 3. The van der Waals surface area contributed by atoms with Gasteiger partial charge in [-0.3, -0.25) is 0 Å². The minimum absolute atomic E-state index is 0.250. The van der Waals surface area contributed by atoms with E-state index >= 15 is 0 Å². The zero-order valence-corrected chi connectivity index (χ0v) is 9.10. The summed E-state index contributed by atoms with van der Waals surface area (Å²) in [6.07, 6.45) is 2.37. The summed E-state index contributed by atoms with van der Waals surface area (Å²) in [6.45, 7) is 3.69. The Morgan fingerprint density at radius 2 is 1.92 bits per heavy atom. The fraction of sp³-hybridized carbons (Fsp3) is 1.00. The summed E-state index contributed by atoms with van der Waals surface area (Å²) in [5, 5.41) is 9.57. The summed E-state index contributed by atoms with van der Waals surface area (Å²) < 4.78 is 23.1. The average Bonchev–Trinajstić information content (AvgIpc) is 2.44. The molecule has 0 aromatic carbocycles. The summed E-state index contributed by atoms with van der Waals surface area (Å²) in [5.74, 6) is 0.250. The van der Waals surface area contributed by atoms with Crippen molar-refractivity contribution in [1.29, 1.82) is 0 Å². The Hall–Kier alpha value is -0.0900. The van der Waals surface area contributed by atoms with Crippen LogP contribution in [0.3, 0.4) is 0 Å².